The van der Waals surface area contributed by atoms with Crippen molar-refractivity contribution in [3.05, 3.63) is 0 Å². The highest BCUT2D eigenvalue weighted by Crippen LogP contribution is 2.20. The predicted octanol–water partition coefficient (Wildman–Crippen LogP) is 1.51. The summed E-state index contributed by atoms with van der Waals surface area (Å²) < 4.78 is 0. The minimum atomic E-state index is 0.152. The Labute approximate surface area is 117 Å². The number of piperidine rings is 1. The summed E-state index contributed by atoms with van der Waals surface area (Å²) >= 11 is 0. The number of rotatable bonds is 5. The number of carbonyl (C=O) groups excluding carboxylic acids is 1. The predicted molar refractivity (Wildman–Crippen MR) is 78.1 cm³/mol. The molecule has 1 saturated heterocycles. The molecule has 0 spiro atoms. The Bertz CT molecular complexity index is 307. The van der Waals surface area contributed by atoms with Gasteiger partial charge in [-0.1, -0.05) is 6.42 Å². The summed E-state index contributed by atoms with van der Waals surface area (Å²) in [7, 11) is 0. The molecule has 1 saturated carbocycles. The lowest BCUT2D eigenvalue weighted by atomic mass is 10.0. The molecule has 2 rings (SSSR count). The molecule has 1 unspecified atom stereocenters. The summed E-state index contributed by atoms with van der Waals surface area (Å²) in [6, 6.07) is 0.987. The van der Waals surface area contributed by atoms with Crippen LogP contribution in [0, 0.1) is 0 Å². The Kier molecular flexibility index (Phi) is 4.85. The second-order valence-corrected chi connectivity index (χ2v) is 7.09. The standard InChI is InChI=1S/C15H29N3O/c1-15(2,3)16-10-13-6-4-5-9-18(13)11-14(19)17-12-7-8-12/h12-13,16H,4-11H2,1-3H3,(H,17,19). The van der Waals surface area contributed by atoms with E-state index in [-0.39, 0.29) is 11.4 Å². The van der Waals surface area contributed by atoms with E-state index in [9.17, 15) is 4.79 Å². The molecule has 2 N–H and O–H groups in total. The van der Waals surface area contributed by atoms with E-state index < -0.39 is 0 Å². The Morgan fingerprint density at radius 3 is 2.58 bits per heavy atom. The number of hydrogen-bond donors (Lipinski definition) is 2. The normalized spacial score (nSPS) is 25.3. The van der Waals surface area contributed by atoms with Crippen molar-refractivity contribution in [2.75, 3.05) is 19.6 Å². The first-order valence-corrected chi connectivity index (χ1v) is 7.72. The average molecular weight is 267 g/mol. The third-order valence-corrected chi connectivity index (χ3v) is 3.91. The van der Waals surface area contributed by atoms with Crippen LogP contribution in [0.15, 0.2) is 0 Å². The first-order valence-electron chi connectivity index (χ1n) is 7.72. The molecule has 1 aliphatic carbocycles. The van der Waals surface area contributed by atoms with Gasteiger partial charge in [-0.2, -0.15) is 0 Å². The van der Waals surface area contributed by atoms with E-state index in [1.807, 2.05) is 0 Å². The summed E-state index contributed by atoms with van der Waals surface area (Å²) in [5.74, 6) is 0.213. The van der Waals surface area contributed by atoms with Crippen LogP contribution < -0.4 is 10.6 Å². The minimum Gasteiger partial charge on any atom is -0.352 e. The van der Waals surface area contributed by atoms with Gasteiger partial charge in [0, 0.05) is 24.2 Å². The topological polar surface area (TPSA) is 44.4 Å². The van der Waals surface area contributed by atoms with E-state index in [0.717, 1.165) is 13.1 Å². The van der Waals surface area contributed by atoms with Crippen molar-refractivity contribution in [1.29, 1.82) is 0 Å². The monoisotopic (exact) mass is 267 g/mol. The highest BCUT2D eigenvalue weighted by Gasteiger charge is 2.28. The van der Waals surface area contributed by atoms with Gasteiger partial charge in [-0.25, -0.2) is 0 Å². The zero-order chi connectivity index (χ0) is 13.9. The van der Waals surface area contributed by atoms with Crippen LogP contribution in [0.5, 0.6) is 0 Å². The maximum Gasteiger partial charge on any atom is 0.234 e. The molecule has 0 bridgehead atoms. The summed E-state index contributed by atoms with van der Waals surface area (Å²) in [6.45, 7) is 9.21. The van der Waals surface area contributed by atoms with Gasteiger partial charge in [0.15, 0.2) is 0 Å². The van der Waals surface area contributed by atoms with Crippen LogP contribution in [0.4, 0.5) is 0 Å². The molecular formula is C15H29N3O. The molecule has 2 fully saturated rings. The van der Waals surface area contributed by atoms with Crippen molar-refractivity contribution in [3.63, 3.8) is 0 Å². The average Bonchev–Trinajstić information content (AvgIpc) is 3.10. The van der Waals surface area contributed by atoms with Crippen molar-refractivity contribution in [3.8, 4) is 0 Å². The van der Waals surface area contributed by atoms with Gasteiger partial charge in [0.25, 0.3) is 0 Å². The highest BCUT2D eigenvalue weighted by molar-refractivity contribution is 5.78. The third-order valence-electron chi connectivity index (χ3n) is 3.91. The number of amides is 1. The first-order chi connectivity index (χ1) is 8.94. The van der Waals surface area contributed by atoms with Crippen LogP contribution >= 0.6 is 0 Å². The van der Waals surface area contributed by atoms with Crippen molar-refractivity contribution in [1.82, 2.24) is 15.5 Å². The van der Waals surface area contributed by atoms with E-state index in [0.29, 0.717) is 18.6 Å². The van der Waals surface area contributed by atoms with Crippen molar-refractivity contribution in [2.24, 2.45) is 0 Å². The van der Waals surface area contributed by atoms with Gasteiger partial charge in [0.1, 0.15) is 0 Å². The van der Waals surface area contributed by atoms with Gasteiger partial charge >= 0.3 is 0 Å². The van der Waals surface area contributed by atoms with Crippen LogP contribution in [0.3, 0.4) is 0 Å². The number of nitrogens with one attached hydrogen (secondary N) is 2. The van der Waals surface area contributed by atoms with Crippen LogP contribution in [-0.2, 0) is 4.79 Å². The lowest BCUT2D eigenvalue weighted by Crippen LogP contribution is -2.52. The second kappa shape index (κ2) is 6.23. The first kappa shape index (κ1) is 14.8. The summed E-state index contributed by atoms with van der Waals surface area (Å²) in [5, 5.41) is 6.67. The van der Waals surface area contributed by atoms with E-state index >= 15 is 0 Å². The molecule has 0 aromatic heterocycles. The fourth-order valence-corrected chi connectivity index (χ4v) is 2.61. The molecule has 0 aromatic carbocycles. The molecule has 1 heterocycles. The van der Waals surface area contributed by atoms with Crippen LogP contribution in [-0.4, -0.2) is 48.1 Å². The SMILES string of the molecule is CC(C)(C)NCC1CCCCN1CC(=O)NC1CC1. The number of hydrogen-bond acceptors (Lipinski definition) is 3. The second-order valence-electron chi connectivity index (χ2n) is 7.09. The molecule has 1 atom stereocenters. The van der Waals surface area contributed by atoms with Gasteiger partial charge < -0.3 is 10.6 Å². The van der Waals surface area contributed by atoms with E-state index in [4.69, 9.17) is 0 Å². The van der Waals surface area contributed by atoms with Crippen molar-refractivity contribution in [2.45, 2.75) is 70.5 Å². The molecule has 19 heavy (non-hydrogen) atoms. The molecule has 4 nitrogen and oxygen atoms in total. The van der Waals surface area contributed by atoms with Gasteiger partial charge in [0.2, 0.25) is 5.91 Å². The van der Waals surface area contributed by atoms with Crippen LogP contribution in [0.1, 0.15) is 52.9 Å². The Balaban J connectivity index is 1.78. The number of likely N-dealkylation sites (tertiary alicyclic amines) is 1. The molecule has 0 radical (unpaired) electrons. The summed E-state index contributed by atoms with van der Waals surface area (Å²) in [6.07, 6.45) is 6.06. The van der Waals surface area contributed by atoms with Crippen molar-refractivity contribution < 1.29 is 4.79 Å². The molecule has 1 aliphatic heterocycles. The smallest absolute Gasteiger partial charge is 0.234 e. The van der Waals surface area contributed by atoms with E-state index in [1.165, 1.54) is 32.1 Å². The molecule has 0 aromatic rings. The molecule has 110 valence electrons. The lowest BCUT2D eigenvalue weighted by Gasteiger charge is -2.37. The quantitative estimate of drug-likeness (QED) is 0.793. The maximum absolute atomic E-state index is 11.9. The van der Waals surface area contributed by atoms with Gasteiger partial charge in [-0.3, -0.25) is 9.69 Å². The molecular weight excluding hydrogens is 238 g/mol. The van der Waals surface area contributed by atoms with Gasteiger partial charge in [-0.05, 0) is 53.0 Å². The number of carbonyl (C=O) groups is 1. The van der Waals surface area contributed by atoms with Crippen LogP contribution in [0.2, 0.25) is 0 Å². The van der Waals surface area contributed by atoms with Crippen molar-refractivity contribution >= 4 is 5.91 Å². The van der Waals surface area contributed by atoms with Crippen LogP contribution in [0.25, 0.3) is 0 Å². The van der Waals surface area contributed by atoms with E-state index in [2.05, 4.69) is 36.3 Å². The Morgan fingerprint density at radius 1 is 1.21 bits per heavy atom. The summed E-state index contributed by atoms with van der Waals surface area (Å²) in [4.78, 5) is 14.3. The van der Waals surface area contributed by atoms with Gasteiger partial charge in [0.05, 0.1) is 6.54 Å². The minimum absolute atomic E-state index is 0.152. The number of nitrogens with zero attached hydrogens (tertiary/aromatic N) is 1. The third kappa shape index (κ3) is 5.49. The largest absolute Gasteiger partial charge is 0.352 e. The zero-order valence-electron chi connectivity index (χ0n) is 12.7. The summed E-state index contributed by atoms with van der Waals surface area (Å²) in [5.41, 5.74) is 0.152. The fraction of sp³-hybridized carbons (Fsp3) is 0.933. The molecule has 1 amide bonds. The maximum atomic E-state index is 11.9. The zero-order valence-corrected chi connectivity index (χ0v) is 12.7. The fourth-order valence-electron chi connectivity index (χ4n) is 2.61. The van der Waals surface area contributed by atoms with E-state index in [1.54, 1.807) is 0 Å². The van der Waals surface area contributed by atoms with Gasteiger partial charge in [-0.15, -0.1) is 0 Å². The molecule has 2 aliphatic rings. The Hall–Kier alpha value is -0.610. The lowest BCUT2D eigenvalue weighted by molar-refractivity contribution is -0.123. The highest BCUT2D eigenvalue weighted by atomic mass is 16.2. The molecule has 4 heteroatoms. The Morgan fingerprint density at radius 2 is 1.95 bits per heavy atom.